The highest BCUT2D eigenvalue weighted by Gasteiger charge is 2.29. The molecule has 2 N–H and O–H groups in total. The number of ether oxygens (including phenoxy) is 1. The van der Waals surface area contributed by atoms with Gasteiger partial charge in [-0.3, -0.25) is 0 Å². The zero-order valence-corrected chi connectivity index (χ0v) is 15.0. The van der Waals surface area contributed by atoms with Crippen LogP contribution in [0.5, 0.6) is 0 Å². The molecule has 0 bridgehead atoms. The van der Waals surface area contributed by atoms with Crippen LogP contribution < -0.4 is 5.32 Å². The summed E-state index contributed by atoms with van der Waals surface area (Å²) in [6.45, 7) is 9.00. The second-order valence-electron chi connectivity index (χ2n) is 7.35. The first-order valence-electron chi connectivity index (χ1n) is 8.36. The van der Waals surface area contributed by atoms with Crippen molar-refractivity contribution in [3.05, 3.63) is 16.2 Å². The summed E-state index contributed by atoms with van der Waals surface area (Å²) in [4.78, 5) is 17.3. The van der Waals surface area contributed by atoms with Crippen LogP contribution in [0.25, 0.3) is 0 Å². The van der Waals surface area contributed by atoms with E-state index in [1.165, 1.54) is 11.4 Å². The van der Waals surface area contributed by atoms with Gasteiger partial charge in [0.2, 0.25) is 0 Å². The standard InChI is InChI=1S/C16H26N4O2S/c1-16(2,3)22-15(21)19-8-5-11(6-9-19)20-13-4-7-17-10-12(13)18-14(20)23/h11,17H,4-10H2,1-3H3,(H,18,23). The highest BCUT2D eigenvalue weighted by molar-refractivity contribution is 7.71. The highest BCUT2D eigenvalue weighted by Crippen LogP contribution is 2.28. The van der Waals surface area contributed by atoms with Crippen molar-refractivity contribution in [2.45, 2.75) is 58.2 Å². The number of imidazole rings is 1. The van der Waals surface area contributed by atoms with Crippen LogP contribution in [-0.2, 0) is 17.7 Å². The number of likely N-dealkylation sites (tertiary alicyclic amines) is 1. The number of nitrogens with zero attached hydrogens (tertiary/aromatic N) is 2. The molecule has 0 aliphatic carbocycles. The van der Waals surface area contributed by atoms with Gasteiger partial charge in [0.25, 0.3) is 0 Å². The number of carbonyl (C=O) groups excluding carboxylic acids is 1. The normalized spacial score (nSPS) is 19.5. The van der Waals surface area contributed by atoms with Gasteiger partial charge in [-0.2, -0.15) is 0 Å². The second-order valence-corrected chi connectivity index (χ2v) is 7.74. The molecule has 0 aromatic carbocycles. The Morgan fingerprint density at radius 1 is 1.30 bits per heavy atom. The summed E-state index contributed by atoms with van der Waals surface area (Å²) in [6, 6.07) is 0.374. The summed E-state index contributed by atoms with van der Waals surface area (Å²) in [7, 11) is 0. The largest absolute Gasteiger partial charge is 0.444 e. The van der Waals surface area contributed by atoms with E-state index >= 15 is 0 Å². The first-order valence-corrected chi connectivity index (χ1v) is 8.77. The summed E-state index contributed by atoms with van der Waals surface area (Å²) < 4.78 is 8.57. The van der Waals surface area contributed by atoms with Gasteiger partial charge in [-0.1, -0.05) is 0 Å². The van der Waals surface area contributed by atoms with E-state index < -0.39 is 5.60 Å². The molecule has 2 aliphatic rings. The molecule has 1 amide bonds. The molecule has 0 spiro atoms. The monoisotopic (exact) mass is 338 g/mol. The number of fused-ring (bicyclic) bond motifs is 1. The van der Waals surface area contributed by atoms with Crippen LogP contribution in [0.4, 0.5) is 4.79 Å². The minimum absolute atomic E-state index is 0.208. The molecule has 1 fully saturated rings. The van der Waals surface area contributed by atoms with Crippen molar-refractivity contribution in [3.63, 3.8) is 0 Å². The Hall–Kier alpha value is -1.34. The minimum atomic E-state index is -0.441. The lowest BCUT2D eigenvalue weighted by molar-refractivity contribution is 0.0187. The summed E-state index contributed by atoms with van der Waals surface area (Å²) in [6.07, 6.45) is 2.64. The lowest BCUT2D eigenvalue weighted by Crippen LogP contribution is -2.42. The fourth-order valence-electron chi connectivity index (χ4n) is 3.39. The number of nitrogens with one attached hydrogen (secondary N) is 2. The third-order valence-corrected chi connectivity index (χ3v) is 4.74. The van der Waals surface area contributed by atoms with E-state index in [4.69, 9.17) is 17.0 Å². The zero-order valence-electron chi connectivity index (χ0n) is 14.1. The van der Waals surface area contributed by atoms with E-state index in [0.29, 0.717) is 6.04 Å². The number of piperidine rings is 1. The van der Waals surface area contributed by atoms with Crippen LogP contribution in [0, 0.1) is 4.77 Å². The number of carbonyl (C=O) groups is 1. The molecule has 128 valence electrons. The topological polar surface area (TPSA) is 62.3 Å². The first-order chi connectivity index (χ1) is 10.8. The number of aromatic nitrogens is 2. The van der Waals surface area contributed by atoms with Gasteiger partial charge in [0.05, 0.1) is 5.69 Å². The van der Waals surface area contributed by atoms with Gasteiger partial charge in [-0.05, 0) is 45.8 Å². The molecule has 7 heteroatoms. The Kier molecular flexibility index (Phi) is 4.51. The molecule has 3 rings (SSSR count). The minimum Gasteiger partial charge on any atom is -0.444 e. The first kappa shape index (κ1) is 16.5. The smallest absolute Gasteiger partial charge is 0.410 e. The molecular weight excluding hydrogens is 312 g/mol. The number of aromatic amines is 1. The summed E-state index contributed by atoms with van der Waals surface area (Å²) in [5, 5.41) is 3.37. The van der Waals surface area contributed by atoms with E-state index in [1.807, 2.05) is 25.7 Å². The molecule has 0 radical (unpaired) electrons. The van der Waals surface area contributed by atoms with Crippen LogP contribution in [-0.4, -0.2) is 45.8 Å². The number of hydrogen-bond donors (Lipinski definition) is 2. The molecule has 1 aromatic rings. The SMILES string of the molecule is CC(C)(C)OC(=O)N1CCC(n2c3c([nH]c2=S)CNCC3)CC1. The molecule has 0 atom stereocenters. The summed E-state index contributed by atoms with van der Waals surface area (Å²) >= 11 is 5.53. The van der Waals surface area contributed by atoms with Gasteiger partial charge in [0.1, 0.15) is 5.60 Å². The molecule has 0 unspecified atom stereocenters. The maximum atomic E-state index is 12.2. The van der Waals surface area contributed by atoms with Gasteiger partial charge in [-0.15, -0.1) is 0 Å². The average Bonchev–Trinajstić information content (AvgIpc) is 2.81. The van der Waals surface area contributed by atoms with Crippen molar-refractivity contribution in [3.8, 4) is 0 Å². The van der Waals surface area contributed by atoms with Crippen LogP contribution >= 0.6 is 12.2 Å². The van der Waals surface area contributed by atoms with E-state index in [2.05, 4.69) is 14.9 Å². The van der Waals surface area contributed by atoms with Gasteiger partial charge < -0.3 is 24.5 Å². The molecule has 2 aliphatic heterocycles. The zero-order chi connectivity index (χ0) is 16.6. The second kappa shape index (κ2) is 6.28. The Balaban J connectivity index is 1.67. The lowest BCUT2D eigenvalue weighted by atomic mass is 10.0. The van der Waals surface area contributed by atoms with Crippen LogP contribution in [0.2, 0.25) is 0 Å². The Bertz CT molecular complexity index is 635. The maximum absolute atomic E-state index is 12.2. The number of rotatable bonds is 1. The van der Waals surface area contributed by atoms with Gasteiger partial charge in [0, 0.05) is 44.3 Å². The van der Waals surface area contributed by atoms with Gasteiger partial charge >= 0.3 is 6.09 Å². The third-order valence-electron chi connectivity index (χ3n) is 4.44. The molecule has 6 nitrogen and oxygen atoms in total. The quantitative estimate of drug-likeness (QED) is 0.773. The predicted molar refractivity (Wildman–Crippen MR) is 91.1 cm³/mol. The number of H-pyrrole nitrogens is 1. The van der Waals surface area contributed by atoms with Crippen LogP contribution in [0.15, 0.2) is 0 Å². The van der Waals surface area contributed by atoms with Crippen molar-refractivity contribution in [1.29, 1.82) is 0 Å². The van der Waals surface area contributed by atoms with E-state index in [0.717, 1.165) is 50.2 Å². The average molecular weight is 338 g/mol. The van der Waals surface area contributed by atoms with Crippen molar-refractivity contribution in [1.82, 2.24) is 19.8 Å². The maximum Gasteiger partial charge on any atom is 0.410 e. The van der Waals surface area contributed by atoms with E-state index in [9.17, 15) is 4.79 Å². The van der Waals surface area contributed by atoms with Crippen LogP contribution in [0.3, 0.4) is 0 Å². The van der Waals surface area contributed by atoms with Crippen LogP contribution in [0.1, 0.15) is 51.0 Å². The molecule has 0 saturated carbocycles. The van der Waals surface area contributed by atoms with Crippen molar-refractivity contribution in [2.24, 2.45) is 0 Å². The Labute approximate surface area is 142 Å². The highest BCUT2D eigenvalue weighted by atomic mass is 32.1. The van der Waals surface area contributed by atoms with Crippen molar-refractivity contribution < 1.29 is 9.53 Å². The van der Waals surface area contributed by atoms with Crippen molar-refractivity contribution >= 4 is 18.3 Å². The fraction of sp³-hybridized carbons (Fsp3) is 0.750. The van der Waals surface area contributed by atoms with E-state index in [1.54, 1.807) is 0 Å². The van der Waals surface area contributed by atoms with Gasteiger partial charge in [0.15, 0.2) is 4.77 Å². The predicted octanol–water partition coefficient (Wildman–Crippen LogP) is 2.76. The molecular formula is C16H26N4O2S. The summed E-state index contributed by atoms with van der Waals surface area (Å²) in [5.74, 6) is 0. The van der Waals surface area contributed by atoms with E-state index in [-0.39, 0.29) is 6.09 Å². The molecule has 1 saturated heterocycles. The number of amides is 1. The molecule has 3 heterocycles. The number of hydrogen-bond acceptors (Lipinski definition) is 4. The fourth-order valence-corrected chi connectivity index (χ4v) is 3.77. The third kappa shape index (κ3) is 3.61. The van der Waals surface area contributed by atoms with Crippen molar-refractivity contribution in [2.75, 3.05) is 19.6 Å². The Morgan fingerprint density at radius 3 is 2.65 bits per heavy atom. The molecule has 23 heavy (non-hydrogen) atoms. The Morgan fingerprint density at radius 2 is 2.00 bits per heavy atom. The van der Waals surface area contributed by atoms with Gasteiger partial charge in [-0.25, -0.2) is 4.79 Å². The lowest BCUT2D eigenvalue weighted by Gasteiger charge is -2.34. The summed E-state index contributed by atoms with van der Waals surface area (Å²) in [5.41, 5.74) is 2.11. The molecule has 1 aromatic heterocycles.